The van der Waals surface area contributed by atoms with Gasteiger partial charge in [-0.2, -0.15) is 0 Å². The van der Waals surface area contributed by atoms with Gasteiger partial charge in [0.05, 0.1) is 0 Å². The predicted molar refractivity (Wildman–Crippen MR) is 62.8 cm³/mol. The molecule has 0 rings (SSSR count). The van der Waals surface area contributed by atoms with Crippen molar-refractivity contribution in [3.8, 4) is 0 Å². The summed E-state index contributed by atoms with van der Waals surface area (Å²) in [4.78, 5) is 0. The maximum absolute atomic E-state index is 9.75. The van der Waals surface area contributed by atoms with Gasteiger partial charge < -0.3 is 17.3 Å². The number of unbranched alkanes of at least 4 members (excludes halogenated alkanes) is 8. The molecule has 99 valence electrons. The third-order valence-corrected chi connectivity index (χ3v) is 2.00. The van der Waals surface area contributed by atoms with Crippen LogP contribution in [0.3, 0.4) is 0 Å². The molecule has 0 unspecified atom stereocenters. The zero-order chi connectivity index (χ0) is 12.9. The number of hydrogen-bond donors (Lipinski definition) is 0. The first-order chi connectivity index (χ1) is 7.41. The maximum Gasteiger partial charge on any atom is 0.673 e. The Morgan fingerprint density at radius 2 is 1.25 bits per heavy atom. The summed E-state index contributed by atoms with van der Waals surface area (Å²) in [5.41, 5.74) is 0. The fourth-order valence-electron chi connectivity index (χ4n) is 1.24. The van der Waals surface area contributed by atoms with E-state index in [0.29, 0.717) is 0 Å². The van der Waals surface area contributed by atoms with Gasteiger partial charge in [0.15, 0.2) is 0 Å². The second-order valence-electron chi connectivity index (χ2n) is 3.78. The molecule has 0 aromatic rings. The molecule has 0 spiro atoms. The van der Waals surface area contributed by atoms with E-state index in [4.69, 9.17) is 0 Å². The normalized spacial score (nSPS) is 10.9. The van der Waals surface area contributed by atoms with Crippen LogP contribution in [0.25, 0.3) is 0 Å². The van der Waals surface area contributed by atoms with Crippen LogP contribution < -0.4 is 0 Å². The van der Waals surface area contributed by atoms with Crippen LogP contribution in [0.5, 0.6) is 0 Å². The van der Waals surface area contributed by atoms with Crippen LogP contribution in [0.15, 0.2) is 0 Å². The van der Waals surface area contributed by atoms with Crippen molar-refractivity contribution >= 4 is 7.25 Å². The second-order valence-corrected chi connectivity index (χ2v) is 3.78. The van der Waals surface area contributed by atoms with Gasteiger partial charge in [-0.3, -0.25) is 0 Å². The van der Waals surface area contributed by atoms with Gasteiger partial charge in [0.2, 0.25) is 0 Å². The molecule has 0 nitrogen and oxygen atoms in total. The molecule has 16 heavy (non-hydrogen) atoms. The highest BCUT2D eigenvalue weighted by Gasteiger charge is 2.20. The van der Waals surface area contributed by atoms with E-state index in [9.17, 15) is 17.3 Å². The molecule has 0 aromatic carbocycles. The zero-order valence-corrected chi connectivity index (χ0v) is 10.3. The molecule has 0 fully saturated rings. The molecule has 0 N–H and O–H groups in total. The number of hydrogen-bond acceptors (Lipinski definition) is 0. The summed E-state index contributed by atoms with van der Waals surface area (Å²) < 4.78 is 39.0. The Labute approximate surface area is 96.9 Å². The quantitative estimate of drug-likeness (QED) is 0.293. The first-order valence-electron chi connectivity index (χ1n) is 6.10. The van der Waals surface area contributed by atoms with E-state index in [1.807, 2.05) is 0 Å². The summed E-state index contributed by atoms with van der Waals surface area (Å²) in [6.45, 7) is 4.51. The minimum atomic E-state index is -6.00. The Morgan fingerprint density at radius 3 is 1.69 bits per heavy atom. The highest BCUT2D eigenvalue weighted by Crippen LogP contribution is 2.08. The Balaban J connectivity index is 0. The van der Waals surface area contributed by atoms with E-state index in [-0.39, 0.29) is 0 Å². The van der Waals surface area contributed by atoms with E-state index in [0.717, 1.165) is 0 Å². The molecule has 0 aliphatic carbocycles. The molecule has 1 radical (unpaired) electrons. The molecule has 0 bridgehead atoms. The Hall–Kier alpha value is -0.215. The van der Waals surface area contributed by atoms with E-state index < -0.39 is 7.25 Å². The summed E-state index contributed by atoms with van der Waals surface area (Å²) in [5, 5.41) is 0. The van der Waals surface area contributed by atoms with Gasteiger partial charge >= 0.3 is 7.25 Å². The summed E-state index contributed by atoms with van der Waals surface area (Å²) in [5.74, 6) is 0. The van der Waals surface area contributed by atoms with Gasteiger partial charge in [-0.05, 0) is 6.42 Å². The Bertz CT molecular complexity index is 112. The van der Waals surface area contributed by atoms with Crippen LogP contribution in [-0.4, -0.2) is 7.25 Å². The van der Waals surface area contributed by atoms with Crippen LogP contribution in [-0.2, 0) is 0 Å². The number of halogens is 4. The summed E-state index contributed by atoms with van der Waals surface area (Å²) in [6, 6.07) is 0. The SMILES string of the molecule is CCC[CH]CCCCCCC.F[B-](F)(F)F. The van der Waals surface area contributed by atoms with Gasteiger partial charge in [-0.15, -0.1) is 0 Å². The Kier molecular flexibility index (Phi) is 14.6. The first-order valence-corrected chi connectivity index (χ1v) is 6.10. The monoisotopic (exact) mass is 242 g/mol. The van der Waals surface area contributed by atoms with Gasteiger partial charge in [0, 0.05) is 0 Å². The van der Waals surface area contributed by atoms with E-state index in [1.165, 1.54) is 51.4 Å². The van der Waals surface area contributed by atoms with Crippen LogP contribution in [0, 0.1) is 6.42 Å². The fourth-order valence-corrected chi connectivity index (χ4v) is 1.24. The molecule has 5 heteroatoms. The van der Waals surface area contributed by atoms with Crippen molar-refractivity contribution in [3.63, 3.8) is 0 Å². The zero-order valence-electron chi connectivity index (χ0n) is 10.3. The summed E-state index contributed by atoms with van der Waals surface area (Å²) in [6.07, 6.45) is 13.5. The molecule has 0 saturated heterocycles. The van der Waals surface area contributed by atoms with Crippen molar-refractivity contribution in [2.45, 2.75) is 65.2 Å². The van der Waals surface area contributed by atoms with E-state index in [2.05, 4.69) is 20.3 Å². The van der Waals surface area contributed by atoms with Crippen molar-refractivity contribution in [1.82, 2.24) is 0 Å². The molecule has 0 heterocycles. The van der Waals surface area contributed by atoms with Crippen molar-refractivity contribution < 1.29 is 17.3 Å². The van der Waals surface area contributed by atoms with E-state index >= 15 is 0 Å². The van der Waals surface area contributed by atoms with E-state index in [1.54, 1.807) is 0 Å². The van der Waals surface area contributed by atoms with Crippen LogP contribution >= 0.6 is 0 Å². The molecule has 0 aliphatic heterocycles. The molecule has 0 aromatic heterocycles. The van der Waals surface area contributed by atoms with Gasteiger partial charge in [0.25, 0.3) is 0 Å². The summed E-state index contributed by atoms with van der Waals surface area (Å²) in [7, 11) is -6.00. The van der Waals surface area contributed by atoms with Gasteiger partial charge in [-0.25, -0.2) is 0 Å². The molecular formula is C11H23BF4-. The highest BCUT2D eigenvalue weighted by atomic mass is 19.5. The predicted octanol–water partition coefficient (Wildman–Crippen LogP) is 5.65. The van der Waals surface area contributed by atoms with Crippen LogP contribution in [0.1, 0.15) is 65.2 Å². The van der Waals surface area contributed by atoms with Crippen LogP contribution in [0.2, 0.25) is 0 Å². The minimum absolute atomic E-state index is 1.31. The fraction of sp³-hybridized carbons (Fsp3) is 0.909. The van der Waals surface area contributed by atoms with Crippen molar-refractivity contribution in [3.05, 3.63) is 6.42 Å². The topological polar surface area (TPSA) is 0 Å². The summed E-state index contributed by atoms with van der Waals surface area (Å²) >= 11 is 0. The average molecular weight is 242 g/mol. The van der Waals surface area contributed by atoms with Crippen molar-refractivity contribution in [1.29, 1.82) is 0 Å². The van der Waals surface area contributed by atoms with Crippen molar-refractivity contribution in [2.24, 2.45) is 0 Å². The second kappa shape index (κ2) is 12.9. The average Bonchev–Trinajstić information content (AvgIpc) is 2.14. The molecule has 0 saturated carbocycles. The third kappa shape index (κ3) is 37.2. The molecular weight excluding hydrogens is 219 g/mol. The minimum Gasteiger partial charge on any atom is -0.418 e. The lowest BCUT2D eigenvalue weighted by atomic mass is 10.1. The van der Waals surface area contributed by atoms with Crippen molar-refractivity contribution in [2.75, 3.05) is 0 Å². The van der Waals surface area contributed by atoms with Gasteiger partial charge in [-0.1, -0.05) is 65.2 Å². The first kappa shape index (κ1) is 18.2. The largest absolute Gasteiger partial charge is 0.673 e. The lowest BCUT2D eigenvalue weighted by molar-refractivity contribution is 0.368. The standard InChI is InChI=1S/C11H23.BF4/c1-3-5-7-9-11-10-8-6-4-2;2-1(3,4)5/h7H,3-6,8-11H2,1-2H3;/q;-1. The third-order valence-electron chi connectivity index (χ3n) is 2.00. The van der Waals surface area contributed by atoms with Gasteiger partial charge in [0.1, 0.15) is 0 Å². The lowest BCUT2D eigenvalue weighted by Gasteiger charge is -1.98. The highest BCUT2D eigenvalue weighted by molar-refractivity contribution is 6.50. The number of rotatable bonds is 8. The molecule has 0 atom stereocenters. The molecule has 0 amide bonds. The smallest absolute Gasteiger partial charge is 0.418 e. The van der Waals surface area contributed by atoms with Crippen LogP contribution in [0.4, 0.5) is 17.3 Å². The molecule has 0 aliphatic rings. The Morgan fingerprint density at radius 1 is 0.750 bits per heavy atom. The lowest BCUT2D eigenvalue weighted by Crippen LogP contribution is -2.02. The maximum atomic E-state index is 9.75.